The fourth-order valence-electron chi connectivity index (χ4n) is 4.95. The normalized spacial score (nSPS) is 23.8. The van der Waals surface area contributed by atoms with Gasteiger partial charge >= 0.3 is 12.1 Å². The van der Waals surface area contributed by atoms with Crippen LogP contribution in [0.2, 0.25) is 0 Å². The molecule has 0 bridgehead atoms. The van der Waals surface area contributed by atoms with Gasteiger partial charge in [0.2, 0.25) is 0 Å². The SMILES string of the molecule is O=C(N[C@H]1CCO[C@H]1C(=O)N1CCOC(C(=O)O)C1)OCC1c2ccccc2-c2ccccc21. The molecular weight excluding hydrogens is 440 g/mol. The number of rotatable bonds is 5. The van der Waals surface area contributed by atoms with E-state index < -0.39 is 30.3 Å². The van der Waals surface area contributed by atoms with Crippen LogP contribution in [0.25, 0.3) is 11.1 Å². The van der Waals surface area contributed by atoms with Gasteiger partial charge in [0.15, 0.2) is 12.2 Å². The minimum Gasteiger partial charge on any atom is -0.479 e. The molecule has 0 radical (unpaired) electrons. The van der Waals surface area contributed by atoms with Gasteiger partial charge in [-0.05, 0) is 28.7 Å². The number of carboxylic acid groups (broad SMARTS) is 1. The summed E-state index contributed by atoms with van der Waals surface area (Å²) in [7, 11) is 0. The number of ether oxygens (including phenoxy) is 3. The van der Waals surface area contributed by atoms with E-state index in [-0.39, 0.29) is 38.1 Å². The summed E-state index contributed by atoms with van der Waals surface area (Å²) in [5.41, 5.74) is 4.53. The topological polar surface area (TPSA) is 114 Å². The molecule has 2 aromatic rings. The lowest BCUT2D eigenvalue weighted by Crippen LogP contribution is -2.55. The van der Waals surface area contributed by atoms with Crippen molar-refractivity contribution in [3.63, 3.8) is 0 Å². The van der Waals surface area contributed by atoms with Crippen LogP contribution >= 0.6 is 0 Å². The van der Waals surface area contributed by atoms with Crippen molar-refractivity contribution >= 4 is 18.0 Å². The van der Waals surface area contributed by atoms with Gasteiger partial charge in [-0.15, -0.1) is 0 Å². The van der Waals surface area contributed by atoms with Gasteiger partial charge < -0.3 is 29.5 Å². The van der Waals surface area contributed by atoms with Crippen LogP contribution in [0, 0.1) is 0 Å². The van der Waals surface area contributed by atoms with Crippen LogP contribution < -0.4 is 5.32 Å². The molecule has 1 aliphatic carbocycles. The first kappa shape index (κ1) is 22.4. The average Bonchev–Trinajstić information content (AvgIpc) is 3.44. The van der Waals surface area contributed by atoms with Crippen LogP contribution in [0.1, 0.15) is 23.5 Å². The monoisotopic (exact) mass is 466 g/mol. The van der Waals surface area contributed by atoms with E-state index in [1.54, 1.807) is 0 Å². The van der Waals surface area contributed by atoms with Gasteiger partial charge in [0.1, 0.15) is 6.61 Å². The molecule has 0 aromatic heterocycles. The Morgan fingerprint density at radius 1 is 1.00 bits per heavy atom. The Morgan fingerprint density at radius 2 is 1.68 bits per heavy atom. The highest BCUT2D eigenvalue weighted by Crippen LogP contribution is 2.44. The Hall–Kier alpha value is -3.43. The van der Waals surface area contributed by atoms with Gasteiger partial charge in [-0.25, -0.2) is 9.59 Å². The minimum atomic E-state index is -1.11. The number of nitrogens with one attached hydrogen (secondary N) is 1. The number of morpholine rings is 1. The van der Waals surface area contributed by atoms with Crippen LogP contribution in [0.15, 0.2) is 48.5 Å². The number of carboxylic acids is 1. The van der Waals surface area contributed by atoms with E-state index in [2.05, 4.69) is 17.4 Å². The lowest BCUT2D eigenvalue weighted by molar-refractivity contribution is -0.162. The number of alkyl carbamates (subject to hydrolysis) is 1. The van der Waals surface area contributed by atoms with Crippen LogP contribution in [-0.2, 0) is 23.8 Å². The van der Waals surface area contributed by atoms with Gasteiger partial charge in [-0.1, -0.05) is 48.5 Å². The fourth-order valence-corrected chi connectivity index (χ4v) is 4.95. The van der Waals surface area contributed by atoms with E-state index in [0.29, 0.717) is 13.0 Å². The highest BCUT2D eigenvalue weighted by Gasteiger charge is 2.40. The number of nitrogens with zero attached hydrogens (tertiary/aromatic N) is 1. The molecule has 34 heavy (non-hydrogen) atoms. The molecule has 0 saturated carbocycles. The summed E-state index contributed by atoms with van der Waals surface area (Å²) in [5, 5.41) is 12.0. The predicted molar refractivity (Wildman–Crippen MR) is 120 cm³/mol. The van der Waals surface area contributed by atoms with Crippen LogP contribution in [0.5, 0.6) is 0 Å². The highest BCUT2D eigenvalue weighted by molar-refractivity contribution is 5.84. The number of hydrogen-bond acceptors (Lipinski definition) is 6. The third-order valence-electron chi connectivity index (χ3n) is 6.64. The molecule has 9 nitrogen and oxygen atoms in total. The highest BCUT2D eigenvalue weighted by atomic mass is 16.6. The molecule has 2 heterocycles. The maximum absolute atomic E-state index is 13.0. The molecular formula is C25H26N2O7. The second-order valence-corrected chi connectivity index (χ2v) is 8.64. The molecule has 0 spiro atoms. The second kappa shape index (κ2) is 9.44. The summed E-state index contributed by atoms with van der Waals surface area (Å²) in [4.78, 5) is 38.3. The lowest BCUT2D eigenvalue weighted by atomic mass is 9.98. The van der Waals surface area contributed by atoms with Crippen molar-refractivity contribution in [2.45, 2.75) is 30.6 Å². The summed E-state index contributed by atoms with van der Waals surface area (Å²) >= 11 is 0. The Morgan fingerprint density at radius 3 is 2.35 bits per heavy atom. The molecule has 9 heteroatoms. The first-order valence-corrected chi connectivity index (χ1v) is 11.4. The van der Waals surface area contributed by atoms with E-state index in [0.717, 1.165) is 22.3 Å². The van der Waals surface area contributed by atoms with Crippen molar-refractivity contribution in [3.8, 4) is 11.1 Å². The van der Waals surface area contributed by atoms with Crippen molar-refractivity contribution in [2.24, 2.45) is 0 Å². The Labute approximate surface area is 196 Å². The predicted octanol–water partition coefficient (Wildman–Crippen LogP) is 1.99. The molecule has 3 aliphatic rings. The molecule has 2 saturated heterocycles. The average molecular weight is 466 g/mol. The number of aliphatic carboxylic acids is 1. The largest absolute Gasteiger partial charge is 0.479 e. The molecule has 2 amide bonds. The Balaban J connectivity index is 1.20. The standard InChI is InChI=1S/C25H26N2O7/c28-23(27-10-12-32-21(13-27)24(29)30)22-20(9-11-33-22)26-25(31)34-14-19-17-7-3-1-5-15(17)16-6-2-4-8-18(16)19/h1-8,19-22H,9-14H2,(H,26,31)(H,29,30)/t20-,21?,22+/m0/s1. The van der Waals surface area contributed by atoms with Crippen molar-refractivity contribution in [1.29, 1.82) is 0 Å². The first-order valence-electron chi connectivity index (χ1n) is 11.4. The summed E-state index contributed by atoms with van der Waals surface area (Å²) in [6.07, 6.45) is -2.09. The van der Waals surface area contributed by atoms with Crippen LogP contribution in [0.4, 0.5) is 4.79 Å². The molecule has 2 aliphatic heterocycles. The van der Waals surface area contributed by atoms with E-state index in [4.69, 9.17) is 14.2 Å². The third-order valence-corrected chi connectivity index (χ3v) is 6.64. The van der Waals surface area contributed by atoms with Crippen molar-refractivity contribution < 1.29 is 33.7 Å². The molecule has 2 N–H and O–H groups in total. The third kappa shape index (κ3) is 4.24. The summed E-state index contributed by atoms with van der Waals surface area (Å²) in [6.45, 7) is 0.860. The molecule has 178 valence electrons. The number of amides is 2. The van der Waals surface area contributed by atoms with Gasteiger partial charge in [0, 0.05) is 19.1 Å². The number of fused-ring (bicyclic) bond motifs is 3. The number of carbonyl (C=O) groups is 3. The van der Waals surface area contributed by atoms with Crippen molar-refractivity contribution in [3.05, 3.63) is 59.7 Å². The van der Waals surface area contributed by atoms with Gasteiger partial charge in [0.05, 0.1) is 19.2 Å². The minimum absolute atomic E-state index is 0.0499. The summed E-state index contributed by atoms with van der Waals surface area (Å²) < 4.78 is 16.4. The van der Waals surface area contributed by atoms with E-state index in [1.807, 2.05) is 36.4 Å². The number of carbonyl (C=O) groups excluding carboxylic acids is 2. The Kier molecular flexibility index (Phi) is 6.21. The number of benzene rings is 2. The van der Waals surface area contributed by atoms with Crippen molar-refractivity contribution in [2.75, 3.05) is 32.9 Å². The lowest BCUT2D eigenvalue weighted by Gasteiger charge is -2.33. The molecule has 5 rings (SSSR count). The van der Waals surface area contributed by atoms with E-state index in [9.17, 15) is 19.5 Å². The Bertz CT molecular complexity index is 1060. The second-order valence-electron chi connectivity index (χ2n) is 8.64. The van der Waals surface area contributed by atoms with Crippen LogP contribution in [-0.4, -0.2) is 79.1 Å². The maximum atomic E-state index is 13.0. The molecule has 3 atom stereocenters. The zero-order chi connectivity index (χ0) is 23.7. The van der Waals surface area contributed by atoms with E-state index >= 15 is 0 Å². The quantitative estimate of drug-likeness (QED) is 0.693. The van der Waals surface area contributed by atoms with E-state index in [1.165, 1.54) is 4.90 Å². The zero-order valence-corrected chi connectivity index (χ0v) is 18.5. The summed E-state index contributed by atoms with van der Waals surface area (Å²) in [5.74, 6) is -1.52. The molecule has 2 fully saturated rings. The zero-order valence-electron chi connectivity index (χ0n) is 18.5. The van der Waals surface area contributed by atoms with Crippen LogP contribution in [0.3, 0.4) is 0 Å². The maximum Gasteiger partial charge on any atom is 0.407 e. The smallest absolute Gasteiger partial charge is 0.407 e. The molecule has 2 aromatic carbocycles. The van der Waals surface area contributed by atoms with Crippen molar-refractivity contribution in [1.82, 2.24) is 10.2 Å². The van der Waals surface area contributed by atoms with Gasteiger partial charge in [-0.2, -0.15) is 0 Å². The first-order chi connectivity index (χ1) is 16.5. The van der Waals surface area contributed by atoms with Gasteiger partial charge in [-0.3, -0.25) is 4.79 Å². The fraction of sp³-hybridized carbons (Fsp3) is 0.400. The molecule has 1 unspecified atom stereocenters. The van der Waals surface area contributed by atoms with Gasteiger partial charge in [0.25, 0.3) is 5.91 Å². The number of hydrogen-bond donors (Lipinski definition) is 2. The summed E-state index contributed by atoms with van der Waals surface area (Å²) in [6, 6.07) is 15.6.